The number of alkyl carbamates (subject to hydrolysis) is 1. The summed E-state index contributed by atoms with van der Waals surface area (Å²) < 4.78 is 107. The molecule has 1 heterocycles. The van der Waals surface area contributed by atoms with Crippen molar-refractivity contribution >= 4 is 12.0 Å². The van der Waals surface area contributed by atoms with E-state index in [0.29, 0.717) is 30.5 Å². The van der Waals surface area contributed by atoms with E-state index in [4.69, 9.17) is 9.47 Å². The largest absolute Gasteiger partial charge is 0.445 e. The maximum absolute atomic E-state index is 13.9. The lowest BCUT2D eigenvalue weighted by atomic mass is 9.80. The number of hydrogen-bond donors (Lipinski definition) is 2. The van der Waals surface area contributed by atoms with Crippen molar-refractivity contribution in [3.8, 4) is 0 Å². The third-order valence-electron chi connectivity index (χ3n) is 8.91. The monoisotopic (exact) mass is 666 g/mol. The van der Waals surface area contributed by atoms with Gasteiger partial charge >= 0.3 is 18.4 Å². The van der Waals surface area contributed by atoms with E-state index in [0.717, 1.165) is 5.56 Å². The van der Waals surface area contributed by atoms with Crippen LogP contribution in [0, 0.1) is 11.7 Å². The lowest BCUT2D eigenvalue weighted by Gasteiger charge is -2.31. The summed E-state index contributed by atoms with van der Waals surface area (Å²) in [5, 5.41) is 5.59. The van der Waals surface area contributed by atoms with Crippen molar-refractivity contribution in [2.24, 2.45) is 5.92 Å². The Balaban J connectivity index is 1.35. The quantitative estimate of drug-likeness (QED) is 0.239. The van der Waals surface area contributed by atoms with Gasteiger partial charge < -0.3 is 20.1 Å². The predicted octanol–water partition coefficient (Wildman–Crippen LogP) is 8.08. The molecule has 1 saturated carbocycles. The van der Waals surface area contributed by atoms with Gasteiger partial charge in [-0.1, -0.05) is 42.5 Å². The maximum atomic E-state index is 13.9. The number of alkyl halides is 6. The van der Waals surface area contributed by atoms with Gasteiger partial charge in [0, 0.05) is 12.0 Å². The molecule has 1 saturated heterocycles. The summed E-state index contributed by atoms with van der Waals surface area (Å²) in [4.78, 5) is 25.8. The minimum atomic E-state index is -5.01. The molecule has 1 aliphatic carbocycles. The zero-order chi connectivity index (χ0) is 34.1. The van der Waals surface area contributed by atoms with E-state index in [-0.39, 0.29) is 30.6 Å². The fourth-order valence-corrected chi connectivity index (χ4v) is 6.56. The molecule has 6 nitrogen and oxygen atoms in total. The second-order valence-electron chi connectivity index (χ2n) is 12.3. The highest BCUT2D eigenvalue weighted by Gasteiger charge is 2.51. The number of nitrogens with one attached hydrogen (secondary N) is 2. The van der Waals surface area contributed by atoms with Crippen LogP contribution < -0.4 is 10.6 Å². The zero-order valence-electron chi connectivity index (χ0n) is 25.4. The molecule has 0 aromatic heterocycles. The van der Waals surface area contributed by atoms with E-state index in [1.807, 2.05) is 6.07 Å². The lowest BCUT2D eigenvalue weighted by Crippen LogP contribution is -2.51. The molecule has 2 fully saturated rings. The minimum Gasteiger partial charge on any atom is -0.445 e. The molecule has 13 heteroatoms. The standard InChI is InChI=1S/C34H33F7N2O4/c1-19(22-14-23(33(36,37)38)16-24(15-22)34(39,40)41)47-28-13-12-26(29(28)21-8-10-25(35)11-9-21)27-17-32(2,30(44)42-27)43-31(45)46-18-20-6-4-3-5-7-20/h3-11,14-16,19,26-29H,12-13,17-18H2,1-2H3,(H,42,44)(H,43,45)/t19?,26-,27+,28?,29-,32+/m0/s1. The number of carbonyl (C=O) groups is 2. The lowest BCUT2D eigenvalue weighted by molar-refractivity contribution is -0.143. The van der Waals surface area contributed by atoms with Gasteiger partial charge in [-0.05, 0) is 86.1 Å². The normalized spacial score (nSPS) is 25.3. The molecule has 5 rings (SSSR count). The average Bonchev–Trinajstić information content (AvgIpc) is 3.55. The maximum Gasteiger partial charge on any atom is 0.416 e. The summed E-state index contributed by atoms with van der Waals surface area (Å²) in [5.74, 6) is -1.78. The minimum absolute atomic E-state index is 0.00336. The van der Waals surface area contributed by atoms with Crippen molar-refractivity contribution in [3.63, 3.8) is 0 Å². The molecule has 0 radical (unpaired) electrons. The fourth-order valence-electron chi connectivity index (χ4n) is 6.56. The molecular formula is C34H33F7N2O4. The number of benzene rings is 3. The van der Waals surface area contributed by atoms with Gasteiger partial charge in [0.1, 0.15) is 18.0 Å². The van der Waals surface area contributed by atoms with E-state index in [2.05, 4.69) is 10.6 Å². The third-order valence-corrected chi connectivity index (χ3v) is 8.91. The summed E-state index contributed by atoms with van der Waals surface area (Å²) >= 11 is 0. The van der Waals surface area contributed by atoms with Crippen LogP contribution in [0.4, 0.5) is 35.5 Å². The molecule has 47 heavy (non-hydrogen) atoms. The Labute approximate surface area is 266 Å². The molecule has 2 amide bonds. The van der Waals surface area contributed by atoms with Gasteiger partial charge in [0.25, 0.3) is 0 Å². The van der Waals surface area contributed by atoms with Gasteiger partial charge in [0.05, 0.1) is 23.3 Å². The van der Waals surface area contributed by atoms with Gasteiger partial charge in [0.2, 0.25) is 5.91 Å². The topological polar surface area (TPSA) is 76.7 Å². The molecule has 0 bridgehead atoms. The summed E-state index contributed by atoms with van der Waals surface area (Å²) in [6.07, 6.45) is -11.7. The first kappa shape index (κ1) is 34.2. The molecular weight excluding hydrogens is 633 g/mol. The fraction of sp³-hybridized carbons (Fsp3) is 0.412. The Morgan fingerprint density at radius 1 is 0.957 bits per heavy atom. The van der Waals surface area contributed by atoms with Crippen LogP contribution in [0.15, 0.2) is 72.8 Å². The van der Waals surface area contributed by atoms with Crippen molar-refractivity contribution in [3.05, 3.63) is 106 Å². The Bertz CT molecular complexity index is 1550. The summed E-state index contributed by atoms with van der Waals surface area (Å²) in [7, 11) is 0. The van der Waals surface area contributed by atoms with Gasteiger partial charge in [-0.3, -0.25) is 4.79 Å². The second-order valence-corrected chi connectivity index (χ2v) is 12.3. The molecule has 2 N–H and O–H groups in total. The first-order chi connectivity index (χ1) is 22.0. The van der Waals surface area contributed by atoms with E-state index >= 15 is 0 Å². The Morgan fingerprint density at radius 2 is 1.57 bits per heavy atom. The van der Waals surface area contributed by atoms with Crippen LogP contribution in [0.2, 0.25) is 0 Å². The van der Waals surface area contributed by atoms with Crippen LogP contribution in [0.3, 0.4) is 0 Å². The summed E-state index contributed by atoms with van der Waals surface area (Å²) in [5.41, 5.74) is -3.13. The van der Waals surface area contributed by atoms with Crippen LogP contribution in [-0.2, 0) is 33.2 Å². The zero-order valence-corrected chi connectivity index (χ0v) is 25.4. The SMILES string of the molecule is CC(OC1CC[C@@H]([C@H]2C[C@@](C)(NC(=O)OCc3ccccc3)C(=O)N2)[C@@H]1c1ccc(F)cc1)c1cc(C(F)(F)F)cc(C(F)(F)F)c1. The number of halogens is 7. The Morgan fingerprint density at radius 3 is 2.17 bits per heavy atom. The third kappa shape index (κ3) is 7.89. The summed E-state index contributed by atoms with van der Waals surface area (Å²) in [6, 6.07) is 15.4. The first-order valence-electron chi connectivity index (χ1n) is 15.0. The first-order valence-corrected chi connectivity index (χ1v) is 15.0. The number of ether oxygens (including phenoxy) is 2. The predicted molar refractivity (Wildman–Crippen MR) is 156 cm³/mol. The van der Waals surface area contributed by atoms with Gasteiger partial charge in [-0.15, -0.1) is 0 Å². The number of rotatable bonds is 8. The smallest absolute Gasteiger partial charge is 0.416 e. The highest BCUT2D eigenvalue weighted by atomic mass is 19.4. The Hall–Kier alpha value is -4.13. The van der Waals surface area contributed by atoms with Crippen LogP contribution in [0.25, 0.3) is 0 Å². The van der Waals surface area contributed by atoms with Crippen molar-refractivity contribution in [2.75, 3.05) is 0 Å². The van der Waals surface area contributed by atoms with Gasteiger partial charge in [0.15, 0.2) is 0 Å². The molecule has 3 aromatic carbocycles. The molecule has 6 atom stereocenters. The highest BCUT2D eigenvalue weighted by Crippen LogP contribution is 2.48. The number of amides is 2. The molecule has 252 valence electrons. The molecule has 2 aliphatic rings. The van der Waals surface area contributed by atoms with E-state index in [1.54, 1.807) is 43.3 Å². The van der Waals surface area contributed by atoms with Crippen molar-refractivity contribution in [2.45, 2.75) is 81.8 Å². The average molecular weight is 667 g/mol. The van der Waals surface area contributed by atoms with Crippen molar-refractivity contribution in [1.29, 1.82) is 0 Å². The Kier molecular flexibility index (Phi) is 9.59. The number of hydrogen-bond acceptors (Lipinski definition) is 4. The van der Waals surface area contributed by atoms with E-state index in [1.165, 1.54) is 19.1 Å². The highest BCUT2D eigenvalue weighted by molar-refractivity contribution is 5.91. The van der Waals surface area contributed by atoms with E-state index in [9.17, 15) is 40.3 Å². The van der Waals surface area contributed by atoms with Crippen molar-refractivity contribution < 1.29 is 49.8 Å². The van der Waals surface area contributed by atoms with Crippen LogP contribution in [-0.4, -0.2) is 29.7 Å². The second kappa shape index (κ2) is 13.2. The molecule has 3 aromatic rings. The van der Waals surface area contributed by atoms with Crippen LogP contribution >= 0.6 is 0 Å². The molecule has 2 unspecified atom stereocenters. The number of carbonyl (C=O) groups excluding carboxylic acids is 2. The van der Waals surface area contributed by atoms with E-state index < -0.39 is 71.0 Å². The van der Waals surface area contributed by atoms with Gasteiger partial charge in [-0.25, -0.2) is 9.18 Å². The van der Waals surface area contributed by atoms with Crippen molar-refractivity contribution in [1.82, 2.24) is 10.6 Å². The molecule has 1 aliphatic heterocycles. The van der Waals surface area contributed by atoms with Crippen LogP contribution in [0.1, 0.15) is 72.9 Å². The summed E-state index contributed by atoms with van der Waals surface area (Å²) in [6.45, 7) is 2.94. The molecule has 0 spiro atoms. The van der Waals surface area contributed by atoms with Crippen LogP contribution in [0.5, 0.6) is 0 Å². The van der Waals surface area contributed by atoms with Gasteiger partial charge in [-0.2, -0.15) is 26.3 Å².